The maximum absolute atomic E-state index is 12.0. The summed E-state index contributed by atoms with van der Waals surface area (Å²) >= 11 is 1.70. The Hall–Kier alpha value is -3.39. The highest BCUT2D eigenvalue weighted by atomic mass is 32.1. The first kappa shape index (κ1) is 25.9. The molecule has 0 aliphatic heterocycles. The molecule has 33 heavy (non-hydrogen) atoms. The first-order chi connectivity index (χ1) is 15.8. The van der Waals surface area contributed by atoms with E-state index in [1.54, 1.807) is 23.5 Å². The van der Waals surface area contributed by atoms with Gasteiger partial charge in [-0.2, -0.15) is 0 Å². The monoisotopic (exact) mass is 467 g/mol. The SMILES string of the molecule is CC(=N)c1csc2ccccc12.CCNc1cc(C(=O)NCC(N)=O)ccc1N(CC)CC. The number of rotatable bonds is 9. The molecule has 3 aromatic rings. The average molecular weight is 468 g/mol. The summed E-state index contributed by atoms with van der Waals surface area (Å²) in [6, 6.07) is 13.7. The van der Waals surface area contributed by atoms with E-state index in [0.717, 1.165) is 36.6 Å². The van der Waals surface area contributed by atoms with Gasteiger partial charge < -0.3 is 26.7 Å². The minimum absolute atomic E-state index is 0.160. The molecule has 0 unspecified atom stereocenters. The Morgan fingerprint density at radius 3 is 2.39 bits per heavy atom. The van der Waals surface area contributed by atoms with Crippen LogP contribution in [0.3, 0.4) is 0 Å². The molecular weight excluding hydrogens is 434 g/mol. The summed E-state index contributed by atoms with van der Waals surface area (Å²) in [5.41, 5.74) is 9.21. The molecule has 0 radical (unpaired) electrons. The van der Waals surface area contributed by atoms with Gasteiger partial charge >= 0.3 is 0 Å². The zero-order valence-electron chi connectivity index (χ0n) is 19.7. The summed E-state index contributed by atoms with van der Waals surface area (Å²) in [5.74, 6) is -0.867. The predicted octanol–water partition coefficient (Wildman–Crippen LogP) is 4.47. The van der Waals surface area contributed by atoms with Gasteiger partial charge in [-0.1, -0.05) is 18.2 Å². The number of amides is 2. The third-order valence-electron chi connectivity index (χ3n) is 5.04. The average Bonchev–Trinajstić information content (AvgIpc) is 3.24. The lowest BCUT2D eigenvalue weighted by molar-refractivity contribution is -0.117. The summed E-state index contributed by atoms with van der Waals surface area (Å²) in [5, 5.41) is 16.6. The smallest absolute Gasteiger partial charge is 0.251 e. The van der Waals surface area contributed by atoms with Crippen molar-refractivity contribution in [3.05, 3.63) is 59.0 Å². The molecule has 2 aromatic carbocycles. The van der Waals surface area contributed by atoms with Crippen LogP contribution in [0.5, 0.6) is 0 Å². The molecule has 5 N–H and O–H groups in total. The van der Waals surface area contributed by atoms with Crippen LogP contribution in [0.25, 0.3) is 10.1 Å². The fourth-order valence-electron chi connectivity index (χ4n) is 3.39. The number of nitrogens with zero attached hydrogens (tertiary/aromatic N) is 1. The van der Waals surface area contributed by atoms with E-state index >= 15 is 0 Å². The fraction of sp³-hybridized carbons (Fsp3) is 0.320. The van der Waals surface area contributed by atoms with Gasteiger partial charge in [0.2, 0.25) is 5.91 Å². The third kappa shape index (κ3) is 7.05. The third-order valence-corrected chi connectivity index (χ3v) is 6.00. The number of primary amides is 1. The van der Waals surface area contributed by atoms with E-state index in [-0.39, 0.29) is 12.5 Å². The first-order valence-corrected chi connectivity index (χ1v) is 11.9. The lowest BCUT2D eigenvalue weighted by atomic mass is 10.1. The zero-order valence-corrected chi connectivity index (χ0v) is 20.5. The van der Waals surface area contributed by atoms with Gasteiger partial charge in [-0.05, 0) is 52.0 Å². The zero-order chi connectivity index (χ0) is 24.4. The number of nitrogens with two attached hydrogens (primary N) is 1. The molecule has 0 aliphatic carbocycles. The second kappa shape index (κ2) is 12.6. The van der Waals surface area contributed by atoms with Crippen molar-refractivity contribution in [3.8, 4) is 0 Å². The molecule has 0 atom stereocenters. The van der Waals surface area contributed by atoms with Gasteiger partial charge in [0, 0.05) is 51.9 Å². The number of hydrogen-bond acceptors (Lipinski definition) is 6. The molecule has 2 amide bonds. The largest absolute Gasteiger partial charge is 0.384 e. The van der Waals surface area contributed by atoms with Gasteiger partial charge in [-0.3, -0.25) is 9.59 Å². The first-order valence-electron chi connectivity index (χ1n) is 11.0. The number of anilines is 2. The van der Waals surface area contributed by atoms with Crippen LogP contribution in [0, 0.1) is 5.41 Å². The summed E-state index contributed by atoms with van der Waals surface area (Å²) in [6.45, 7) is 10.4. The number of hydrogen-bond donors (Lipinski definition) is 4. The van der Waals surface area contributed by atoms with Gasteiger partial charge in [-0.25, -0.2) is 0 Å². The van der Waals surface area contributed by atoms with Gasteiger partial charge in [0.25, 0.3) is 5.91 Å². The summed E-state index contributed by atoms with van der Waals surface area (Å²) in [4.78, 5) is 24.9. The number of nitrogens with one attached hydrogen (secondary N) is 3. The molecule has 8 heteroatoms. The highest BCUT2D eigenvalue weighted by Gasteiger charge is 2.13. The molecule has 1 aromatic heterocycles. The van der Waals surface area contributed by atoms with E-state index in [9.17, 15) is 9.59 Å². The Bertz CT molecular complexity index is 1110. The molecule has 0 fully saturated rings. The number of benzene rings is 2. The van der Waals surface area contributed by atoms with Crippen LogP contribution in [0.15, 0.2) is 47.8 Å². The van der Waals surface area contributed by atoms with Crippen molar-refractivity contribution >= 4 is 50.3 Å². The highest BCUT2D eigenvalue weighted by molar-refractivity contribution is 7.17. The molecule has 0 saturated heterocycles. The van der Waals surface area contributed by atoms with Crippen molar-refractivity contribution in [2.45, 2.75) is 27.7 Å². The van der Waals surface area contributed by atoms with Crippen molar-refractivity contribution in [3.63, 3.8) is 0 Å². The van der Waals surface area contributed by atoms with Crippen LogP contribution in [0.2, 0.25) is 0 Å². The summed E-state index contributed by atoms with van der Waals surface area (Å²) < 4.78 is 1.26. The Balaban J connectivity index is 0.000000268. The Labute approximate surface area is 199 Å². The van der Waals surface area contributed by atoms with Crippen molar-refractivity contribution < 1.29 is 9.59 Å². The van der Waals surface area contributed by atoms with E-state index in [1.165, 1.54) is 10.1 Å². The molecule has 176 valence electrons. The number of fused-ring (bicyclic) bond motifs is 1. The van der Waals surface area contributed by atoms with Crippen molar-refractivity contribution in [1.29, 1.82) is 5.41 Å². The standard InChI is InChI=1S/C15H24N4O2.C10H9NS/c1-4-17-12-9-11(15(21)18-10-14(16)20)7-8-13(12)19(5-2)6-3;1-7(11)9-6-12-10-5-3-2-4-8(9)10/h7-9,17H,4-6,10H2,1-3H3,(H2,16,20)(H,18,21);2-6,11H,1H3. The summed E-state index contributed by atoms with van der Waals surface area (Å²) in [6.07, 6.45) is 0. The number of thiophene rings is 1. The summed E-state index contributed by atoms with van der Waals surface area (Å²) in [7, 11) is 0. The van der Waals surface area contributed by atoms with Crippen LogP contribution < -0.4 is 21.3 Å². The predicted molar refractivity (Wildman–Crippen MR) is 140 cm³/mol. The topological polar surface area (TPSA) is 111 Å². The molecule has 0 spiro atoms. The number of carbonyl (C=O) groups excluding carboxylic acids is 2. The molecule has 3 rings (SSSR count). The van der Waals surface area contributed by atoms with Crippen LogP contribution >= 0.6 is 11.3 Å². The Morgan fingerprint density at radius 1 is 1.09 bits per heavy atom. The van der Waals surface area contributed by atoms with Gasteiger partial charge in [0.05, 0.1) is 17.9 Å². The van der Waals surface area contributed by atoms with Gasteiger partial charge in [0.15, 0.2) is 0 Å². The van der Waals surface area contributed by atoms with E-state index in [2.05, 4.69) is 41.5 Å². The quantitative estimate of drug-likeness (QED) is 0.348. The molecular formula is C25H33N5O2S. The fourth-order valence-corrected chi connectivity index (χ4v) is 4.40. The van der Waals surface area contributed by atoms with E-state index in [1.807, 2.05) is 37.4 Å². The molecule has 0 bridgehead atoms. The second-order valence-electron chi connectivity index (χ2n) is 7.35. The van der Waals surface area contributed by atoms with Crippen LogP contribution in [-0.4, -0.2) is 43.7 Å². The second-order valence-corrected chi connectivity index (χ2v) is 8.27. The van der Waals surface area contributed by atoms with Gasteiger partial charge in [-0.15, -0.1) is 11.3 Å². The van der Waals surface area contributed by atoms with Crippen LogP contribution in [-0.2, 0) is 4.79 Å². The molecule has 0 aliphatic rings. The van der Waals surface area contributed by atoms with Crippen molar-refractivity contribution in [1.82, 2.24) is 5.32 Å². The Morgan fingerprint density at radius 2 is 1.79 bits per heavy atom. The maximum atomic E-state index is 12.0. The lowest BCUT2D eigenvalue weighted by Crippen LogP contribution is -2.33. The molecule has 0 saturated carbocycles. The Kier molecular flexibility index (Phi) is 9.87. The van der Waals surface area contributed by atoms with Crippen molar-refractivity contribution in [2.75, 3.05) is 36.4 Å². The molecule has 7 nitrogen and oxygen atoms in total. The molecule has 1 heterocycles. The minimum atomic E-state index is -0.560. The maximum Gasteiger partial charge on any atom is 0.251 e. The normalized spacial score (nSPS) is 10.2. The van der Waals surface area contributed by atoms with E-state index in [4.69, 9.17) is 11.1 Å². The van der Waals surface area contributed by atoms with Crippen LogP contribution in [0.4, 0.5) is 11.4 Å². The van der Waals surface area contributed by atoms with E-state index < -0.39 is 5.91 Å². The number of carbonyl (C=O) groups is 2. The van der Waals surface area contributed by atoms with Crippen LogP contribution in [0.1, 0.15) is 43.6 Å². The lowest BCUT2D eigenvalue weighted by Gasteiger charge is -2.25. The van der Waals surface area contributed by atoms with Crippen molar-refractivity contribution in [2.24, 2.45) is 5.73 Å². The van der Waals surface area contributed by atoms with Gasteiger partial charge in [0.1, 0.15) is 0 Å². The van der Waals surface area contributed by atoms with E-state index in [0.29, 0.717) is 11.3 Å². The minimum Gasteiger partial charge on any atom is -0.384 e. The highest BCUT2D eigenvalue weighted by Crippen LogP contribution is 2.27.